The van der Waals surface area contributed by atoms with Crippen LogP contribution in [0.4, 0.5) is 0 Å². The molecule has 2 aromatic rings. The van der Waals surface area contributed by atoms with Gasteiger partial charge < -0.3 is 5.73 Å². The van der Waals surface area contributed by atoms with Crippen molar-refractivity contribution in [1.29, 1.82) is 0 Å². The van der Waals surface area contributed by atoms with Crippen LogP contribution in [0.2, 0.25) is 5.02 Å². The van der Waals surface area contributed by atoms with Crippen molar-refractivity contribution >= 4 is 39.3 Å². The molecule has 0 fully saturated rings. The number of nitrogens with two attached hydrogens (primary N) is 1. The SMILES string of the molecule is NC(CSc1ccc(Br)cc1)Cc1ccncc1Cl. The molecule has 19 heavy (non-hydrogen) atoms. The summed E-state index contributed by atoms with van der Waals surface area (Å²) in [6.45, 7) is 0. The van der Waals surface area contributed by atoms with Crippen molar-refractivity contribution in [2.24, 2.45) is 5.73 Å². The Hall–Kier alpha value is -0.550. The van der Waals surface area contributed by atoms with E-state index in [1.807, 2.05) is 18.2 Å². The molecule has 0 aliphatic carbocycles. The van der Waals surface area contributed by atoms with E-state index in [9.17, 15) is 0 Å². The Morgan fingerprint density at radius 2 is 2.00 bits per heavy atom. The lowest BCUT2D eigenvalue weighted by molar-refractivity contribution is 0.748. The molecular formula is C14H14BrClN2S. The molecule has 5 heteroatoms. The molecule has 1 heterocycles. The van der Waals surface area contributed by atoms with Crippen molar-refractivity contribution in [1.82, 2.24) is 4.98 Å². The van der Waals surface area contributed by atoms with Crippen LogP contribution >= 0.6 is 39.3 Å². The van der Waals surface area contributed by atoms with E-state index < -0.39 is 0 Å². The highest BCUT2D eigenvalue weighted by atomic mass is 79.9. The normalized spacial score (nSPS) is 12.4. The Morgan fingerprint density at radius 3 is 2.68 bits per heavy atom. The minimum atomic E-state index is 0.0774. The number of benzene rings is 1. The van der Waals surface area contributed by atoms with Crippen LogP contribution in [0.15, 0.2) is 52.1 Å². The summed E-state index contributed by atoms with van der Waals surface area (Å²) < 4.78 is 1.09. The Labute approximate surface area is 130 Å². The van der Waals surface area contributed by atoms with Crippen molar-refractivity contribution in [3.05, 3.63) is 57.8 Å². The smallest absolute Gasteiger partial charge is 0.0621 e. The number of thioether (sulfide) groups is 1. The summed E-state index contributed by atoms with van der Waals surface area (Å²) in [4.78, 5) is 5.19. The van der Waals surface area contributed by atoms with Crippen LogP contribution < -0.4 is 5.73 Å². The van der Waals surface area contributed by atoms with Crippen molar-refractivity contribution in [2.45, 2.75) is 17.4 Å². The molecule has 2 nitrogen and oxygen atoms in total. The number of rotatable bonds is 5. The van der Waals surface area contributed by atoms with E-state index in [0.717, 1.165) is 22.2 Å². The molecule has 0 aliphatic heterocycles. The van der Waals surface area contributed by atoms with Gasteiger partial charge in [0.15, 0.2) is 0 Å². The van der Waals surface area contributed by atoms with Crippen molar-refractivity contribution < 1.29 is 0 Å². The average Bonchev–Trinajstić information content (AvgIpc) is 2.41. The molecule has 1 unspecified atom stereocenters. The lowest BCUT2D eigenvalue weighted by Gasteiger charge is -2.12. The molecule has 1 aromatic heterocycles. The molecule has 1 atom stereocenters. The van der Waals surface area contributed by atoms with E-state index in [4.69, 9.17) is 17.3 Å². The van der Waals surface area contributed by atoms with Gasteiger partial charge in [-0.25, -0.2) is 0 Å². The standard InChI is InChI=1S/C14H14BrClN2S/c15-11-1-3-13(4-2-11)19-9-12(17)7-10-5-6-18-8-14(10)16/h1-6,8,12H,7,9,17H2. The minimum Gasteiger partial charge on any atom is -0.327 e. The lowest BCUT2D eigenvalue weighted by Crippen LogP contribution is -2.25. The number of aromatic nitrogens is 1. The van der Waals surface area contributed by atoms with Gasteiger partial charge in [-0.2, -0.15) is 0 Å². The van der Waals surface area contributed by atoms with Gasteiger partial charge in [0.2, 0.25) is 0 Å². The Kier molecular flexibility index (Phi) is 5.70. The van der Waals surface area contributed by atoms with Crippen LogP contribution in [-0.2, 0) is 6.42 Å². The predicted molar refractivity (Wildman–Crippen MR) is 85.8 cm³/mol. The fraction of sp³-hybridized carbons (Fsp3) is 0.214. The fourth-order valence-corrected chi connectivity index (χ4v) is 2.96. The molecule has 2 N–H and O–H groups in total. The van der Waals surface area contributed by atoms with Crippen LogP contribution in [0.5, 0.6) is 0 Å². The fourth-order valence-electron chi connectivity index (χ4n) is 1.65. The maximum atomic E-state index is 6.14. The van der Waals surface area contributed by atoms with Crippen molar-refractivity contribution in [3.63, 3.8) is 0 Å². The Balaban J connectivity index is 1.86. The van der Waals surface area contributed by atoms with E-state index in [0.29, 0.717) is 5.02 Å². The Bertz CT molecular complexity index is 533. The van der Waals surface area contributed by atoms with E-state index >= 15 is 0 Å². The first-order valence-corrected chi connectivity index (χ1v) is 8.03. The van der Waals surface area contributed by atoms with Crippen LogP contribution in [0, 0.1) is 0 Å². The van der Waals surface area contributed by atoms with Gasteiger partial charge in [-0.3, -0.25) is 4.98 Å². The van der Waals surface area contributed by atoms with Gasteiger partial charge in [0.25, 0.3) is 0 Å². The monoisotopic (exact) mass is 356 g/mol. The maximum Gasteiger partial charge on any atom is 0.0621 e. The molecule has 2 rings (SSSR count). The van der Waals surface area contributed by atoms with E-state index in [1.54, 1.807) is 24.2 Å². The van der Waals surface area contributed by atoms with Crippen LogP contribution in [0.1, 0.15) is 5.56 Å². The average molecular weight is 358 g/mol. The highest BCUT2D eigenvalue weighted by Crippen LogP contribution is 2.22. The summed E-state index contributed by atoms with van der Waals surface area (Å²) >= 11 is 11.3. The molecule has 0 bridgehead atoms. The van der Waals surface area contributed by atoms with Gasteiger partial charge in [-0.05, 0) is 42.3 Å². The second-order valence-corrected chi connectivity index (χ2v) is 6.61. The highest BCUT2D eigenvalue weighted by Gasteiger charge is 2.08. The van der Waals surface area contributed by atoms with Gasteiger partial charge in [0.05, 0.1) is 5.02 Å². The summed E-state index contributed by atoms with van der Waals surface area (Å²) in [5, 5.41) is 0.687. The van der Waals surface area contributed by atoms with Gasteiger partial charge in [-0.15, -0.1) is 11.8 Å². The van der Waals surface area contributed by atoms with Crippen LogP contribution in [0.25, 0.3) is 0 Å². The second kappa shape index (κ2) is 7.29. The molecule has 0 spiro atoms. The second-order valence-electron chi connectivity index (χ2n) is 4.20. The highest BCUT2D eigenvalue weighted by molar-refractivity contribution is 9.10. The quantitative estimate of drug-likeness (QED) is 0.817. The van der Waals surface area contributed by atoms with Crippen molar-refractivity contribution in [2.75, 3.05) is 5.75 Å². The third-order valence-electron chi connectivity index (χ3n) is 2.62. The first-order valence-electron chi connectivity index (χ1n) is 5.87. The van der Waals surface area contributed by atoms with Gasteiger partial charge in [0, 0.05) is 33.6 Å². The predicted octanol–water partition coefficient (Wildman–Crippen LogP) is 4.16. The van der Waals surface area contributed by atoms with E-state index in [1.165, 1.54) is 4.90 Å². The summed E-state index contributed by atoms with van der Waals surface area (Å²) in [6.07, 6.45) is 4.17. The number of pyridine rings is 1. The molecule has 0 aliphatic rings. The summed E-state index contributed by atoms with van der Waals surface area (Å²) in [5.41, 5.74) is 7.20. The molecule has 100 valence electrons. The topological polar surface area (TPSA) is 38.9 Å². The van der Waals surface area contributed by atoms with Gasteiger partial charge in [0.1, 0.15) is 0 Å². The number of nitrogens with zero attached hydrogens (tertiary/aromatic N) is 1. The zero-order valence-electron chi connectivity index (χ0n) is 10.2. The summed E-state index contributed by atoms with van der Waals surface area (Å²) in [7, 11) is 0. The lowest BCUT2D eigenvalue weighted by atomic mass is 10.1. The molecule has 0 saturated carbocycles. The third kappa shape index (κ3) is 4.80. The van der Waals surface area contributed by atoms with Crippen LogP contribution in [-0.4, -0.2) is 16.8 Å². The van der Waals surface area contributed by atoms with Gasteiger partial charge >= 0.3 is 0 Å². The zero-order chi connectivity index (χ0) is 13.7. The number of halogens is 2. The molecule has 0 amide bonds. The van der Waals surface area contributed by atoms with E-state index in [-0.39, 0.29) is 6.04 Å². The molecule has 0 radical (unpaired) electrons. The first-order chi connectivity index (χ1) is 9.15. The largest absolute Gasteiger partial charge is 0.327 e. The summed E-state index contributed by atoms with van der Waals surface area (Å²) in [6, 6.07) is 10.2. The van der Waals surface area contributed by atoms with Crippen molar-refractivity contribution in [3.8, 4) is 0 Å². The molecular weight excluding hydrogens is 344 g/mol. The van der Waals surface area contributed by atoms with Gasteiger partial charge in [-0.1, -0.05) is 27.5 Å². The zero-order valence-corrected chi connectivity index (χ0v) is 13.4. The maximum absolute atomic E-state index is 6.14. The Morgan fingerprint density at radius 1 is 1.26 bits per heavy atom. The number of hydrogen-bond acceptors (Lipinski definition) is 3. The van der Waals surface area contributed by atoms with E-state index in [2.05, 4.69) is 33.0 Å². The third-order valence-corrected chi connectivity index (χ3v) is 4.69. The minimum absolute atomic E-state index is 0.0774. The number of hydrogen-bond donors (Lipinski definition) is 1. The summed E-state index contributed by atoms with van der Waals surface area (Å²) in [5.74, 6) is 0.861. The van der Waals surface area contributed by atoms with Crippen LogP contribution in [0.3, 0.4) is 0 Å². The molecule has 1 aromatic carbocycles. The molecule has 0 saturated heterocycles. The first kappa shape index (κ1) is 14.9.